The fourth-order valence-corrected chi connectivity index (χ4v) is 1.58. The van der Waals surface area contributed by atoms with Gasteiger partial charge in [0.1, 0.15) is 11.9 Å². The van der Waals surface area contributed by atoms with E-state index in [0.29, 0.717) is 6.61 Å². The SMILES string of the molecule is CCOC(=O)C(C)NC(C)c1nccn1C. The van der Waals surface area contributed by atoms with Gasteiger partial charge in [0.2, 0.25) is 0 Å². The number of hydrogen-bond donors (Lipinski definition) is 1. The van der Waals surface area contributed by atoms with Gasteiger partial charge in [-0.05, 0) is 20.8 Å². The lowest BCUT2D eigenvalue weighted by molar-refractivity contribution is -0.145. The summed E-state index contributed by atoms with van der Waals surface area (Å²) >= 11 is 0. The summed E-state index contributed by atoms with van der Waals surface area (Å²) in [5, 5.41) is 3.15. The summed E-state index contributed by atoms with van der Waals surface area (Å²) in [6.45, 7) is 5.96. The highest BCUT2D eigenvalue weighted by Gasteiger charge is 2.18. The minimum atomic E-state index is -0.327. The number of aromatic nitrogens is 2. The Labute approximate surface area is 95.8 Å². The van der Waals surface area contributed by atoms with Crippen molar-refractivity contribution in [1.29, 1.82) is 0 Å². The van der Waals surface area contributed by atoms with Crippen molar-refractivity contribution in [1.82, 2.24) is 14.9 Å². The average Bonchev–Trinajstić information content (AvgIpc) is 2.64. The normalized spacial score (nSPS) is 14.5. The Morgan fingerprint density at radius 2 is 2.31 bits per heavy atom. The molecule has 0 saturated carbocycles. The van der Waals surface area contributed by atoms with Crippen molar-refractivity contribution in [2.75, 3.05) is 6.61 Å². The first-order chi connectivity index (χ1) is 7.56. The molecule has 5 nitrogen and oxygen atoms in total. The molecule has 5 heteroatoms. The van der Waals surface area contributed by atoms with Crippen molar-refractivity contribution in [2.45, 2.75) is 32.9 Å². The van der Waals surface area contributed by atoms with E-state index in [2.05, 4.69) is 10.3 Å². The number of hydrogen-bond acceptors (Lipinski definition) is 4. The van der Waals surface area contributed by atoms with Gasteiger partial charge < -0.3 is 9.30 Å². The molecule has 0 bridgehead atoms. The van der Waals surface area contributed by atoms with Crippen LogP contribution in [0.5, 0.6) is 0 Å². The number of ether oxygens (including phenoxy) is 1. The molecule has 0 saturated heterocycles. The minimum Gasteiger partial charge on any atom is -0.465 e. The van der Waals surface area contributed by atoms with Crippen LogP contribution in [0.4, 0.5) is 0 Å². The minimum absolute atomic E-state index is 0.0133. The van der Waals surface area contributed by atoms with E-state index in [1.165, 1.54) is 0 Å². The second kappa shape index (κ2) is 5.65. The first kappa shape index (κ1) is 12.7. The molecule has 0 radical (unpaired) electrons. The van der Waals surface area contributed by atoms with E-state index in [-0.39, 0.29) is 18.1 Å². The van der Waals surface area contributed by atoms with Gasteiger partial charge in [0.25, 0.3) is 0 Å². The molecule has 1 aromatic rings. The molecule has 1 aromatic heterocycles. The van der Waals surface area contributed by atoms with Crippen molar-refractivity contribution in [2.24, 2.45) is 7.05 Å². The zero-order valence-corrected chi connectivity index (χ0v) is 10.2. The molecular formula is C11H19N3O2. The van der Waals surface area contributed by atoms with Crippen molar-refractivity contribution in [3.8, 4) is 0 Å². The Hall–Kier alpha value is -1.36. The standard InChI is InChI=1S/C11H19N3O2/c1-5-16-11(15)9(3)13-8(2)10-12-6-7-14(10)4/h6-9,13H,5H2,1-4H3. The Kier molecular flexibility index (Phi) is 4.49. The second-order valence-corrected chi connectivity index (χ2v) is 3.76. The fraction of sp³-hybridized carbons (Fsp3) is 0.636. The molecule has 0 aromatic carbocycles. The van der Waals surface area contributed by atoms with E-state index in [0.717, 1.165) is 5.82 Å². The third-order valence-electron chi connectivity index (χ3n) is 2.39. The predicted molar refractivity (Wildman–Crippen MR) is 60.9 cm³/mol. The van der Waals surface area contributed by atoms with Crippen LogP contribution in [-0.2, 0) is 16.6 Å². The van der Waals surface area contributed by atoms with E-state index in [4.69, 9.17) is 4.74 Å². The largest absolute Gasteiger partial charge is 0.465 e. The highest BCUT2D eigenvalue weighted by atomic mass is 16.5. The van der Waals surface area contributed by atoms with E-state index < -0.39 is 0 Å². The number of imidazole rings is 1. The number of nitrogens with one attached hydrogen (secondary N) is 1. The monoisotopic (exact) mass is 225 g/mol. The summed E-state index contributed by atoms with van der Waals surface area (Å²) in [5.41, 5.74) is 0. The quantitative estimate of drug-likeness (QED) is 0.760. The van der Waals surface area contributed by atoms with Crippen molar-refractivity contribution in [3.63, 3.8) is 0 Å². The molecule has 1 rings (SSSR count). The highest BCUT2D eigenvalue weighted by molar-refractivity contribution is 5.75. The van der Waals surface area contributed by atoms with Gasteiger partial charge in [-0.2, -0.15) is 0 Å². The van der Waals surface area contributed by atoms with E-state index >= 15 is 0 Å². The third kappa shape index (κ3) is 3.06. The number of nitrogens with zero attached hydrogens (tertiary/aromatic N) is 2. The maximum absolute atomic E-state index is 11.4. The molecule has 2 atom stereocenters. The van der Waals surface area contributed by atoms with Gasteiger partial charge in [-0.25, -0.2) is 4.98 Å². The van der Waals surface area contributed by atoms with Gasteiger partial charge >= 0.3 is 5.97 Å². The highest BCUT2D eigenvalue weighted by Crippen LogP contribution is 2.09. The Bertz CT molecular complexity index is 349. The van der Waals surface area contributed by atoms with Crippen LogP contribution in [-0.4, -0.2) is 28.2 Å². The van der Waals surface area contributed by atoms with Crippen LogP contribution in [0, 0.1) is 0 Å². The maximum atomic E-state index is 11.4. The lowest BCUT2D eigenvalue weighted by Crippen LogP contribution is -2.37. The first-order valence-corrected chi connectivity index (χ1v) is 5.46. The molecule has 1 N–H and O–H groups in total. The Morgan fingerprint density at radius 1 is 1.62 bits per heavy atom. The summed E-state index contributed by atoms with van der Waals surface area (Å²) in [4.78, 5) is 15.6. The van der Waals surface area contributed by atoms with E-state index in [1.807, 2.05) is 24.7 Å². The molecular weight excluding hydrogens is 206 g/mol. The first-order valence-electron chi connectivity index (χ1n) is 5.46. The molecule has 16 heavy (non-hydrogen) atoms. The molecule has 2 unspecified atom stereocenters. The van der Waals surface area contributed by atoms with Gasteiger partial charge in [-0.15, -0.1) is 0 Å². The van der Waals surface area contributed by atoms with Crippen molar-refractivity contribution < 1.29 is 9.53 Å². The van der Waals surface area contributed by atoms with Crippen LogP contribution in [0.15, 0.2) is 12.4 Å². The number of carbonyl (C=O) groups excluding carboxylic acids is 1. The smallest absolute Gasteiger partial charge is 0.322 e. The van der Waals surface area contributed by atoms with Crippen molar-refractivity contribution in [3.05, 3.63) is 18.2 Å². The Morgan fingerprint density at radius 3 is 2.81 bits per heavy atom. The van der Waals surface area contributed by atoms with Gasteiger partial charge in [0.05, 0.1) is 12.6 Å². The Balaban J connectivity index is 2.54. The summed E-state index contributed by atoms with van der Waals surface area (Å²) < 4.78 is 6.85. The van der Waals surface area contributed by atoms with Gasteiger partial charge in [-0.3, -0.25) is 10.1 Å². The lowest BCUT2D eigenvalue weighted by atomic mass is 10.2. The maximum Gasteiger partial charge on any atom is 0.322 e. The summed E-state index contributed by atoms with van der Waals surface area (Å²) in [6, 6.07) is -0.314. The number of esters is 1. The summed E-state index contributed by atoms with van der Waals surface area (Å²) in [7, 11) is 1.93. The molecule has 0 aliphatic carbocycles. The predicted octanol–water partition coefficient (Wildman–Crippen LogP) is 1.02. The third-order valence-corrected chi connectivity index (χ3v) is 2.39. The molecule has 0 fully saturated rings. The number of carbonyl (C=O) groups is 1. The van der Waals surface area contributed by atoms with Gasteiger partial charge in [0, 0.05) is 19.4 Å². The molecule has 1 heterocycles. The molecule has 0 aliphatic heterocycles. The topological polar surface area (TPSA) is 56.1 Å². The van der Waals surface area contributed by atoms with Crippen LogP contribution in [0.3, 0.4) is 0 Å². The van der Waals surface area contributed by atoms with Crippen molar-refractivity contribution >= 4 is 5.97 Å². The van der Waals surface area contributed by atoms with E-state index in [1.54, 1.807) is 20.0 Å². The fourth-order valence-electron chi connectivity index (χ4n) is 1.58. The molecule has 90 valence electrons. The molecule has 0 amide bonds. The average molecular weight is 225 g/mol. The summed E-state index contributed by atoms with van der Waals surface area (Å²) in [6.07, 6.45) is 3.62. The number of rotatable bonds is 5. The van der Waals surface area contributed by atoms with Crippen LogP contribution in [0.1, 0.15) is 32.6 Å². The summed E-state index contributed by atoms with van der Waals surface area (Å²) in [5.74, 6) is 0.666. The van der Waals surface area contributed by atoms with Gasteiger partial charge in [-0.1, -0.05) is 0 Å². The number of aryl methyl sites for hydroxylation is 1. The van der Waals surface area contributed by atoms with Crippen LogP contribution < -0.4 is 5.32 Å². The molecule has 0 aliphatic rings. The zero-order chi connectivity index (χ0) is 12.1. The van der Waals surface area contributed by atoms with Gasteiger partial charge in [0.15, 0.2) is 0 Å². The van der Waals surface area contributed by atoms with Crippen LogP contribution >= 0.6 is 0 Å². The molecule has 0 spiro atoms. The van der Waals surface area contributed by atoms with E-state index in [9.17, 15) is 4.79 Å². The zero-order valence-electron chi connectivity index (χ0n) is 10.2. The second-order valence-electron chi connectivity index (χ2n) is 3.76. The van der Waals surface area contributed by atoms with Crippen LogP contribution in [0.2, 0.25) is 0 Å². The lowest BCUT2D eigenvalue weighted by Gasteiger charge is -2.18. The van der Waals surface area contributed by atoms with Crippen LogP contribution in [0.25, 0.3) is 0 Å².